The molecule has 4 N–H and O–H groups in total. The standard InChI is InChI=1S/C6H14N2.4ClH.Pt/c7-5-3-1-2-4-6(5)8;;;;;/h5-6H,1-4,7-8H2;4*1H;/q;;;;;+6/p-4/t5-,6-;;;;;/m1...../s1. The Balaban J connectivity index is 0.000000252. The number of hydrogen-bond donors (Lipinski definition) is 2. The second-order valence-electron chi connectivity index (χ2n) is 2.88. The molecule has 0 spiro atoms. The molecule has 1 saturated carbocycles. The van der Waals surface area contributed by atoms with Gasteiger partial charge in [-0.05, 0) is 12.8 Å². The van der Waals surface area contributed by atoms with Crippen LogP contribution >= 0.6 is 37.7 Å². The maximum atomic E-state index is 5.65. The zero-order valence-electron chi connectivity index (χ0n) is 6.97. The molecule has 1 rings (SSSR count). The van der Waals surface area contributed by atoms with Crippen molar-refractivity contribution in [1.82, 2.24) is 0 Å². The summed E-state index contributed by atoms with van der Waals surface area (Å²) in [5.41, 5.74) is 11.3. The first-order valence-corrected chi connectivity index (χ1v) is 15.1. The van der Waals surface area contributed by atoms with Gasteiger partial charge in [-0.25, -0.2) is 0 Å². The molecule has 0 aliphatic heterocycles. The van der Waals surface area contributed by atoms with Gasteiger partial charge in [0.05, 0.1) is 0 Å². The second kappa shape index (κ2) is 7.11. The molecule has 0 radical (unpaired) electrons. The molecule has 84 valence electrons. The monoisotopic (exact) mass is 449 g/mol. The van der Waals surface area contributed by atoms with Gasteiger partial charge in [-0.15, -0.1) is 0 Å². The molecule has 0 aromatic heterocycles. The van der Waals surface area contributed by atoms with Crippen LogP contribution in [0.4, 0.5) is 0 Å². The van der Waals surface area contributed by atoms with Gasteiger partial charge in [-0.1, -0.05) is 12.8 Å². The molecular weight excluding hydrogens is 437 g/mol. The van der Waals surface area contributed by atoms with Crippen LogP contribution in [0.1, 0.15) is 25.7 Å². The Bertz CT molecular complexity index is 125. The van der Waals surface area contributed by atoms with Crippen molar-refractivity contribution in [3.8, 4) is 0 Å². The van der Waals surface area contributed by atoms with E-state index >= 15 is 0 Å². The van der Waals surface area contributed by atoms with Crippen molar-refractivity contribution in [3.05, 3.63) is 0 Å². The summed E-state index contributed by atoms with van der Waals surface area (Å²) in [6, 6.07) is 0.562. The normalized spacial score (nSPS) is 30.3. The van der Waals surface area contributed by atoms with Crippen LogP contribution in [0.5, 0.6) is 0 Å². The number of rotatable bonds is 0. The van der Waals surface area contributed by atoms with E-state index in [-0.39, 0.29) is 12.1 Å². The van der Waals surface area contributed by atoms with Crippen molar-refractivity contribution in [2.75, 3.05) is 0 Å². The summed E-state index contributed by atoms with van der Waals surface area (Å²) >= 11 is -3.06. The number of hydrogen-bond acceptors (Lipinski definition) is 2. The van der Waals surface area contributed by atoms with Gasteiger partial charge in [0, 0.05) is 12.1 Å². The van der Waals surface area contributed by atoms with Crippen molar-refractivity contribution in [2.24, 2.45) is 11.5 Å². The van der Waals surface area contributed by atoms with Crippen LogP contribution in [0, 0.1) is 0 Å². The van der Waals surface area contributed by atoms with Gasteiger partial charge in [-0.2, -0.15) is 0 Å². The molecule has 1 fully saturated rings. The maximum absolute atomic E-state index is 5.65. The topological polar surface area (TPSA) is 52.0 Å². The summed E-state index contributed by atoms with van der Waals surface area (Å²) in [7, 11) is 20.0. The minimum atomic E-state index is -3.06. The first-order chi connectivity index (χ1) is 5.80. The van der Waals surface area contributed by atoms with E-state index in [1.807, 2.05) is 0 Å². The van der Waals surface area contributed by atoms with E-state index in [1.165, 1.54) is 12.8 Å². The van der Waals surface area contributed by atoms with Gasteiger partial charge in [-0.3, -0.25) is 0 Å². The molecule has 1 aliphatic rings. The van der Waals surface area contributed by atoms with E-state index in [4.69, 9.17) is 49.1 Å². The Kier molecular flexibility index (Phi) is 8.08. The molecule has 0 aromatic rings. The Labute approximate surface area is 98.1 Å². The molecular formula is C6H14Cl4N2Pt+2. The third-order valence-electron chi connectivity index (χ3n) is 1.87. The zero-order valence-corrected chi connectivity index (χ0v) is 12.3. The molecule has 0 aromatic carbocycles. The summed E-state index contributed by atoms with van der Waals surface area (Å²) in [5, 5.41) is 0. The van der Waals surface area contributed by atoms with E-state index in [1.54, 1.807) is 0 Å². The van der Waals surface area contributed by atoms with Crippen LogP contribution in [-0.4, -0.2) is 12.1 Å². The Morgan fingerprint density at radius 1 is 0.846 bits per heavy atom. The number of nitrogens with two attached hydrogens (primary N) is 2. The second-order valence-corrected chi connectivity index (χ2v) is 22.6. The predicted octanol–water partition coefficient (Wildman–Crippen LogP) is 2.97. The molecule has 0 saturated heterocycles. The summed E-state index contributed by atoms with van der Waals surface area (Å²) in [6.07, 6.45) is 4.80. The summed E-state index contributed by atoms with van der Waals surface area (Å²) in [4.78, 5) is 0. The Morgan fingerprint density at radius 3 is 1.23 bits per heavy atom. The molecule has 2 nitrogen and oxygen atoms in total. The Hall–Kier alpha value is 1.77. The zero-order chi connectivity index (χ0) is 10.5. The third-order valence-corrected chi connectivity index (χ3v) is 1.87. The molecule has 13 heavy (non-hydrogen) atoms. The molecule has 1 aliphatic carbocycles. The van der Waals surface area contributed by atoms with Crippen molar-refractivity contribution in [3.63, 3.8) is 0 Å². The number of halogens is 4. The van der Waals surface area contributed by atoms with Crippen LogP contribution in [0.2, 0.25) is 0 Å². The fourth-order valence-corrected chi connectivity index (χ4v) is 1.19. The van der Waals surface area contributed by atoms with Crippen LogP contribution in [-0.2, 0) is 11.9 Å². The Morgan fingerprint density at radius 2 is 1.08 bits per heavy atom. The minimum absolute atomic E-state index is 0.281. The molecule has 7 heteroatoms. The quantitative estimate of drug-likeness (QED) is 0.596. The van der Waals surface area contributed by atoms with Crippen LogP contribution < -0.4 is 11.5 Å². The van der Waals surface area contributed by atoms with Gasteiger partial charge in [0.2, 0.25) is 0 Å². The molecule has 0 heterocycles. The van der Waals surface area contributed by atoms with Crippen molar-refractivity contribution in [1.29, 1.82) is 0 Å². The van der Waals surface area contributed by atoms with Gasteiger partial charge in [0.1, 0.15) is 0 Å². The summed E-state index contributed by atoms with van der Waals surface area (Å²) in [6.45, 7) is 0. The van der Waals surface area contributed by atoms with Crippen LogP contribution in [0.3, 0.4) is 0 Å². The third kappa shape index (κ3) is 11.7. The SMILES string of the molecule is N[C@@H]1CCCC[C@H]1N.[Cl][Pt+2]([Cl])([Cl])[Cl]. The van der Waals surface area contributed by atoms with Crippen LogP contribution in [0.25, 0.3) is 0 Å². The first kappa shape index (κ1) is 14.8. The fourth-order valence-electron chi connectivity index (χ4n) is 1.19. The van der Waals surface area contributed by atoms with Crippen LogP contribution in [0.15, 0.2) is 0 Å². The molecule has 0 unspecified atom stereocenters. The van der Waals surface area contributed by atoms with Crippen molar-refractivity contribution < 1.29 is 11.9 Å². The van der Waals surface area contributed by atoms with Gasteiger partial charge in [0.15, 0.2) is 0 Å². The van der Waals surface area contributed by atoms with E-state index < -0.39 is 11.9 Å². The van der Waals surface area contributed by atoms with Crippen molar-refractivity contribution in [2.45, 2.75) is 37.8 Å². The van der Waals surface area contributed by atoms with Gasteiger partial charge < -0.3 is 11.5 Å². The van der Waals surface area contributed by atoms with E-state index in [9.17, 15) is 0 Å². The predicted molar refractivity (Wildman–Crippen MR) is 57.8 cm³/mol. The van der Waals surface area contributed by atoms with Crippen molar-refractivity contribution >= 4 is 37.7 Å². The molecule has 0 bridgehead atoms. The summed E-state index contributed by atoms with van der Waals surface area (Å²) in [5.74, 6) is 0. The molecule has 0 amide bonds. The molecule has 2 atom stereocenters. The first-order valence-electron chi connectivity index (χ1n) is 3.79. The fraction of sp³-hybridized carbons (Fsp3) is 1.00. The average molecular weight is 451 g/mol. The van der Waals surface area contributed by atoms with Gasteiger partial charge >= 0.3 is 49.6 Å². The summed E-state index contributed by atoms with van der Waals surface area (Å²) < 4.78 is 0. The van der Waals surface area contributed by atoms with E-state index in [0.29, 0.717) is 0 Å². The van der Waals surface area contributed by atoms with E-state index in [0.717, 1.165) is 12.8 Å². The van der Waals surface area contributed by atoms with E-state index in [2.05, 4.69) is 0 Å². The van der Waals surface area contributed by atoms with Gasteiger partial charge in [0.25, 0.3) is 0 Å². The average Bonchev–Trinajstić information content (AvgIpc) is 1.92.